The van der Waals surface area contributed by atoms with Crippen LogP contribution in [0, 0.1) is 13.8 Å². The van der Waals surface area contributed by atoms with Gasteiger partial charge in [-0.25, -0.2) is 14.6 Å². The molecule has 3 amide bonds. The maximum Gasteiger partial charge on any atom is 0.255 e. The number of aryl methyl sites for hydroxylation is 3. The van der Waals surface area contributed by atoms with Crippen molar-refractivity contribution in [3.05, 3.63) is 70.5 Å². The van der Waals surface area contributed by atoms with Crippen molar-refractivity contribution in [3.8, 4) is 16.9 Å². The van der Waals surface area contributed by atoms with Gasteiger partial charge in [0.05, 0.1) is 36.0 Å². The lowest BCUT2D eigenvalue weighted by Crippen LogP contribution is -2.52. The van der Waals surface area contributed by atoms with Crippen molar-refractivity contribution in [2.24, 2.45) is 0 Å². The number of fused-ring (bicyclic) bond motifs is 4. The zero-order chi connectivity index (χ0) is 40.1. The molecule has 1 saturated carbocycles. The summed E-state index contributed by atoms with van der Waals surface area (Å²) >= 11 is 0. The third kappa shape index (κ3) is 6.90. The highest BCUT2D eigenvalue weighted by Gasteiger charge is 2.40. The third-order valence-electron chi connectivity index (χ3n) is 11.4. The number of methoxy groups -OCH3 is 1. The van der Waals surface area contributed by atoms with Gasteiger partial charge in [0, 0.05) is 71.3 Å². The van der Waals surface area contributed by atoms with Crippen molar-refractivity contribution in [1.82, 2.24) is 45.4 Å². The van der Waals surface area contributed by atoms with Crippen molar-refractivity contribution in [1.29, 1.82) is 0 Å². The van der Waals surface area contributed by atoms with Crippen LogP contribution < -0.4 is 26.0 Å². The zero-order valence-corrected chi connectivity index (χ0v) is 33.1. The maximum absolute atomic E-state index is 13.2. The molecule has 4 aromatic heterocycles. The fourth-order valence-corrected chi connectivity index (χ4v) is 8.30. The number of imide groups is 1. The minimum Gasteiger partial charge on any atom is -0.496 e. The van der Waals surface area contributed by atoms with Crippen LogP contribution in [0.3, 0.4) is 0 Å². The number of carbonyl (C=O) groups is 3. The molecule has 58 heavy (non-hydrogen) atoms. The average molecular weight is 786 g/mol. The number of aromatic nitrogens is 6. The van der Waals surface area contributed by atoms with Gasteiger partial charge in [0.1, 0.15) is 40.7 Å². The molecule has 16 nitrogen and oxygen atoms in total. The first-order chi connectivity index (χ1) is 28.2. The van der Waals surface area contributed by atoms with Gasteiger partial charge in [-0.3, -0.25) is 19.7 Å². The summed E-state index contributed by atoms with van der Waals surface area (Å²) < 4.78 is 13.4. The Balaban J connectivity index is 0.897. The second-order valence-corrected chi connectivity index (χ2v) is 15.3. The highest BCUT2D eigenvalue weighted by atomic mass is 16.5. The molecular formula is C42H47N11O5. The normalized spacial score (nSPS) is 16.7. The van der Waals surface area contributed by atoms with E-state index in [-0.39, 0.29) is 18.2 Å². The van der Waals surface area contributed by atoms with Gasteiger partial charge in [0.2, 0.25) is 11.8 Å². The number of nitrogens with one attached hydrogen (secondary N) is 5. The predicted octanol–water partition coefficient (Wildman–Crippen LogP) is 5.97. The maximum atomic E-state index is 13.2. The minimum absolute atomic E-state index is 0.177. The van der Waals surface area contributed by atoms with Crippen molar-refractivity contribution in [3.63, 3.8) is 0 Å². The molecule has 6 heterocycles. The summed E-state index contributed by atoms with van der Waals surface area (Å²) in [5, 5.41) is 23.9. The number of carbonyl (C=O) groups excluding carboxylic acids is 3. The lowest BCUT2D eigenvalue weighted by Gasteiger charge is -2.29. The van der Waals surface area contributed by atoms with Gasteiger partial charge in [-0.05, 0) is 83.7 Å². The van der Waals surface area contributed by atoms with Crippen LogP contribution in [0.1, 0.15) is 90.3 Å². The van der Waals surface area contributed by atoms with Crippen LogP contribution in [-0.2, 0) is 29.2 Å². The van der Waals surface area contributed by atoms with Crippen LogP contribution in [-0.4, -0.2) is 78.8 Å². The third-order valence-corrected chi connectivity index (χ3v) is 11.4. The lowest BCUT2D eigenvalue weighted by atomic mass is 10.0. The molecule has 9 rings (SSSR count). The first-order valence-electron chi connectivity index (χ1n) is 20.1. The van der Waals surface area contributed by atoms with Crippen molar-refractivity contribution in [2.75, 3.05) is 30.8 Å². The van der Waals surface area contributed by atoms with E-state index in [1.807, 2.05) is 36.7 Å². The number of anilines is 3. The molecule has 1 unspecified atom stereocenters. The second kappa shape index (κ2) is 15.2. The smallest absolute Gasteiger partial charge is 0.255 e. The summed E-state index contributed by atoms with van der Waals surface area (Å²) in [6, 6.07) is 11.2. The van der Waals surface area contributed by atoms with Crippen LogP contribution in [0.5, 0.6) is 5.75 Å². The Morgan fingerprint density at radius 3 is 2.62 bits per heavy atom. The van der Waals surface area contributed by atoms with Crippen LogP contribution in [0.4, 0.5) is 17.3 Å². The van der Waals surface area contributed by atoms with E-state index in [0.29, 0.717) is 60.6 Å². The molecule has 2 aliphatic heterocycles. The summed E-state index contributed by atoms with van der Waals surface area (Å²) in [6.45, 7) is 8.90. The number of H-pyrrole nitrogens is 1. The van der Waals surface area contributed by atoms with Crippen LogP contribution >= 0.6 is 0 Å². The molecule has 1 saturated heterocycles. The summed E-state index contributed by atoms with van der Waals surface area (Å²) in [4.78, 5) is 52.6. The van der Waals surface area contributed by atoms with E-state index in [1.165, 1.54) is 12.8 Å². The van der Waals surface area contributed by atoms with Crippen LogP contribution in [0.15, 0.2) is 40.9 Å². The molecule has 0 radical (unpaired) electrons. The van der Waals surface area contributed by atoms with E-state index >= 15 is 0 Å². The molecule has 0 bridgehead atoms. The standard InChI is InChI=1S/C42H47N11O5/c1-5-53-35(19-30(50-53)24-11-12-24)48-40-38-26-18-33(57-4)27(37-22(2)51-58-23(37)3)17-31(26)45-39(38)46-34(47-40)20-43-15-6-7-16-44-29-10-8-9-25-28(29)21-52(42(25)56)32-13-14-36(54)49-41(32)55/h8-10,17-19,24,32,43-44H,5-7,11-16,20-21H2,1-4H3,(H,49,54,55)(H2,45,46,47,48). The van der Waals surface area contributed by atoms with E-state index in [0.717, 1.165) is 87.6 Å². The molecular weight excluding hydrogens is 739 g/mol. The predicted molar refractivity (Wildman–Crippen MR) is 218 cm³/mol. The molecule has 2 fully saturated rings. The Kier molecular flexibility index (Phi) is 9.79. The molecule has 0 spiro atoms. The van der Waals surface area contributed by atoms with Gasteiger partial charge < -0.3 is 35.1 Å². The summed E-state index contributed by atoms with van der Waals surface area (Å²) in [7, 11) is 1.67. The first kappa shape index (κ1) is 37.3. The zero-order valence-electron chi connectivity index (χ0n) is 33.1. The monoisotopic (exact) mass is 785 g/mol. The van der Waals surface area contributed by atoms with Gasteiger partial charge in [0.25, 0.3) is 5.91 Å². The fraction of sp³-hybridized carbons (Fsp3) is 0.405. The molecule has 2 aromatic carbocycles. The van der Waals surface area contributed by atoms with Gasteiger partial charge >= 0.3 is 0 Å². The van der Waals surface area contributed by atoms with Gasteiger partial charge in [-0.15, -0.1) is 0 Å². The molecule has 1 aliphatic carbocycles. The number of hydrogen-bond donors (Lipinski definition) is 5. The SMILES string of the molecule is CCn1nc(C2CC2)cc1Nc1nc(CNCCCCNc2cccc3c2CN(C2CCC(=O)NC2=O)C3=O)nc2[nH]c3cc(-c4c(C)noc4C)c(OC)cc3c12. The van der Waals surface area contributed by atoms with E-state index in [1.54, 1.807) is 18.1 Å². The lowest BCUT2D eigenvalue weighted by molar-refractivity contribution is -0.136. The summed E-state index contributed by atoms with van der Waals surface area (Å²) in [5.41, 5.74) is 7.65. The highest BCUT2D eigenvalue weighted by molar-refractivity contribution is 6.13. The summed E-state index contributed by atoms with van der Waals surface area (Å²) in [6.07, 6.45) is 4.68. The number of nitrogens with zero attached hydrogens (tertiary/aromatic N) is 6. The topological polar surface area (TPSA) is 197 Å². The number of ether oxygens (including phenoxy) is 1. The number of benzene rings is 2. The number of hydrogen-bond acceptors (Lipinski definition) is 12. The first-order valence-corrected chi connectivity index (χ1v) is 20.1. The second-order valence-electron chi connectivity index (χ2n) is 15.3. The number of aromatic amines is 1. The molecule has 1 atom stereocenters. The van der Waals surface area contributed by atoms with Crippen LogP contribution in [0.2, 0.25) is 0 Å². The highest BCUT2D eigenvalue weighted by Crippen LogP contribution is 2.43. The van der Waals surface area contributed by atoms with E-state index in [4.69, 9.17) is 24.3 Å². The Morgan fingerprint density at radius 1 is 1.02 bits per heavy atom. The van der Waals surface area contributed by atoms with E-state index in [9.17, 15) is 14.4 Å². The van der Waals surface area contributed by atoms with Gasteiger partial charge in [0.15, 0.2) is 0 Å². The van der Waals surface area contributed by atoms with Gasteiger partial charge in [-0.2, -0.15) is 5.10 Å². The Hall–Kier alpha value is -6.29. The molecule has 3 aliphatic rings. The fourth-order valence-electron chi connectivity index (χ4n) is 8.30. The van der Waals surface area contributed by atoms with Crippen molar-refractivity contribution in [2.45, 2.75) is 90.9 Å². The Morgan fingerprint density at radius 2 is 1.86 bits per heavy atom. The molecule has 300 valence electrons. The van der Waals surface area contributed by atoms with E-state index in [2.05, 4.69) is 50.5 Å². The Labute approximate surface area is 334 Å². The molecule has 5 N–H and O–H groups in total. The number of piperidine rings is 1. The Bertz CT molecular complexity index is 2570. The number of amides is 3. The van der Waals surface area contributed by atoms with Gasteiger partial charge in [-0.1, -0.05) is 11.2 Å². The number of unbranched alkanes of at least 4 members (excludes halogenated alkanes) is 1. The van der Waals surface area contributed by atoms with E-state index < -0.39 is 11.9 Å². The largest absolute Gasteiger partial charge is 0.496 e. The van der Waals surface area contributed by atoms with Crippen LogP contribution in [0.25, 0.3) is 33.1 Å². The molecule has 6 aromatic rings. The number of rotatable bonds is 15. The average Bonchev–Trinajstić information content (AvgIpc) is 3.59. The van der Waals surface area contributed by atoms with Crippen molar-refractivity contribution < 1.29 is 23.6 Å². The minimum atomic E-state index is -0.639. The summed E-state index contributed by atoms with van der Waals surface area (Å²) in [5.74, 6) is 3.27. The quantitative estimate of drug-likeness (QED) is 0.0605. The van der Waals surface area contributed by atoms with Crippen molar-refractivity contribution >= 4 is 57.0 Å². The molecule has 16 heteroatoms.